The molecule has 0 atom stereocenters. The molecule has 27 heavy (non-hydrogen) atoms. The second-order valence-electron chi connectivity index (χ2n) is 7.42. The zero-order chi connectivity index (χ0) is 19.4. The molecule has 2 heterocycles. The van der Waals surface area contributed by atoms with E-state index in [1.165, 1.54) is 6.42 Å². The van der Waals surface area contributed by atoms with Crippen LogP contribution in [0.1, 0.15) is 46.6 Å². The van der Waals surface area contributed by atoms with Crippen molar-refractivity contribution in [1.82, 2.24) is 20.0 Å². The van der Waals surface area contributed by atoms with Crippen molar-refractivity contribution < 1.29 is 4.79 Å². The first-order chi connectivity index (χ1) is 13.0. The van der Waals surface area contributed by atoms with E-state index in [0.29, 0.717) is 12.5 Å². The molecule has 5 nitrogen and oxygen atoms in total. The Balaban J connectivity index is 1.71. The van der Waals surface area contributed by atoms with Crippen molar-refractivity contribution in [1.29, 1.82) is 0 Å². The normalized spacial score (nSPS) is 15.3. The van der Waals surface area contributed by atoms with Crippen molar-refractivity contribution in [2.45, 2.75) is 39.7 Å². The molecule has 6 heteroatoms. The molecule has 146 valence electrons. The number of carbonyl (C=O) groups excluding carboxylic acids is 1. The molecule has 3 rings (SSSR count). The lowest BCUT2D eigenvalue weighted by molar-refractivity contribution is 0.0685. The summed E-state index contributed by atoms with van der Waals surface area (Å²) in [5, 5.41) is 8.56. The van der Waals surface area contributed by atoms with Crippen LogP contribution in [-0.2, 0) is 6.54 Å². The largest absolute Gasteiger partial charge is 0.339 e. The van der Waals surface area contributed by atoms with E-state index in [2.05, 4.69) is 10.4 Å². The molecule has 1 saturated heterocycles. The van der Waals surface area contributed by atoms with Crippen LogP contribution in [0, 0.1) is 19.8 Å². The monoisotopic (exact) mass is 388 g/mol. The fourth-order valence-electron chi connectivity index (χ4n) is 3.88. The number of benzene rings is 1. The number of aryl methyl sites for hydroxylation is 1. The highest BCUT2D eigenvalue weighted by molar-refractivity contribution is 6.31. The molecule has 0 bridgehead atoms. The maximum atomic E-state index is 13.1. The molecule has 0 spiro atoms. The summed E-state index contributed by atoms with van der Waals surface area (Å²) in [7, 11) is 1.99. The smallest absolute Gasteiger partial charge is 0.257 e. The molecule has 0 aliphatic carbocycles. The number of aromatic nitrogens is 2. The van der Waals surface area contributed by atoms with Gasteiger partial charge in [0, 0.05) is 23.8 Å². The second-order valence-corrected chi connectivity index (χ2v) is 7.83. The third-order valence-electron chi connectivity index (χ3n) is 5.58. The van der Waals surface area contributed by atoms with Gasteiger partial charge in [0.25, 0.3) is 5.91 Å². The van der Waals surface area contributed by atoms with E-state index in [0.717, 1.165) is 60.0 Å². The van der Waals surface area contributed by atoms with Crippen LogP contribution in [0.3, 0.4) is 0 Å². The maximum Gasteiger partial charge on any atom is 0.257 e. The third kappa shape index (κ3) is 4.53. The fraction of sp³-hybridized carbons (Fsp3) is 0.524. The van der Waals surface area contributed by atoms with Crippen molar-refractivity contribution in [3.63, 3.8) is 0 Å². The molecule has 0 unspecified atom stereocenters. The number of nitrogens with zero attached hydrogens (tertiary/aromatic N) is 3. The van der Waals surface area contributed by atoms with Gasteiger partial charge in [0.05, 0.1) is 17.8 Å². The number of halogens is 1. The van der Waals surface area contributed by atoms with E-state index in [4.69, 9.17) is 11.6 Å². The van der Waals surface area contributed by atoms with Crippen molar-refractivity contribution in [3.05, 3.63) is 51.8 Å². The molecule has 1 N–H and O–H groups in total. The van der Waals surface area contributed by atoms with Gasteiger partial charge in [0.1, 0.15) is 0 Å². The topological polar surface area (TPSA) is 50.2 Å². The number of rotatable bonds is 6. The highest BCUT2D eigenvalue weighted by atomic mass is 35.5. The van der Waals surface area contributed by atoms with Gasteiger partial charge in [-0.1, -0.05) is 29.8 Å². The Morgan fingerprint density at radius 3 is 2.63 bits per heavy atom. The highest BCUT2D eigenvalue weighted by Gasteiger charge is 2.27. The van der Waals surface area contributed by atoms with Crippen molar-refractivity contribution >= 4 is 17.5 Å². The average molecular weight is 389 g/mol. The van der Waals surface area contributed by atoms with Crippen molar-refractivity contribution in [2.75, 3.05) is 26.7 Å². The van der Waals surface area contributed by atoms with Gasteiger partial charge in [-0.25, -0.2) is 0 Å². The van der Waals surface area contributed by atoms with Crippen LogP contribution in [0.25, 0.3) is 0 Å². The van der Waals surface area contributed by atoms with E-state index in [9.17, 15) is 4.79 Å². The van der Waals surface area contributed by atoms with E-state index in [1.54, 1.807) is 0 Å². The molecule has 1 aromatic carbocycles. The molecule has 1 aromatic heterocycles. The lowest BCUT2D eigenvalue weighted by Gasteiger charge is -2.32. The average Bonchev–Trinajstić information content (AvgIpc) is 2.95. The van der Waals surface area contributed by atoms with Gasteiger partial charge in [-0.15, -0.1) is 0 Å². The Morgan fingerprint density at radius 2 is 1.96 bits per heavy atom. The molecule has 1 fully saturated rings. The number of nitrogens with one attached hydrogen (secondary N) is 1. The predicted molar refractivity (Wildman–Crippen MR) is 109 cm³/mol. The Morgan fingerprint density at radius 1 is 1.26 bits per heavy atom. The fourth-order valence-corrected chi connectivity index (χ4v) is 4.08. The Hall–Kier alpha value is -1.85. The van der Waals surface area contributed by atoms with E-state index < -0.39 is 0 Å². The standard InChI is InChI=1S/C21H29ClN4O/c1-15-20(21(27)25-12-9-17(10-13-25)8-11-23-3)16(2)26(24-15)14-18-6-4-5-7-19(18)22/h4-7,17,23H,8-14H2,1-3H3. The molecule has 1 aliphatic rings. The third-order valence-corrected chi connectivity index (χ3v) is 5.95. The Labute approximate surface area is 166 Å². The minimum atomic E-state index is 0.113. The summed E-state index contributed by atoms with van der Waals surface area (Å²) in [6.45, 7) is 7.19. The summed E-state index contributed by atoms with van der Waals surface area (Å²) in [6.07, 6.45) is 3.35. The lowest BCUT2D eigenvalue weighted by Crippen LogP contribution is -2.39. The SMILES string of the molecule is CNCCC1CCN(C(=O)c2c(C)nn(Cc3ccccc3Cl)c2C)CC1. The van der Waals surface area contributed by atoms with Gasteiger partial charge in [-0.3, -0.25) is 9.48 Å². The summed E-state index contributed by atoms with van der Waals surface area (Å²) in [6, 6.07) is 7.77. The van der Waals surface area contributed by atoms with Gasteiger partial charge in [-0.2, -0.15) is 5.10 Å². The number of carbonyl (C=O) groups is 1. The summed E-state index contributed by atoms with van der Waals surface area (Å²) in [5.41, 5.74) is 3.46. The van der Waals surface area contributed by atoms with E-state index in [-0.39, 0.29) is 5.91 Å². The number of amides is 1. The number of likely N-dealkylation sites (tertiary alicyclic amines) is 1. The van der Waals surface area contributed by atoms with E-state index >= 15 is 0 Å². The molecule has 0 saturated carbocycles. The van der Waals surface area contributed by atoms with Crippen LogP contribution >= 0.6 is 11.6 Å². The Bertz CT molecular complexity index is 793. The van der Waals surface area contributed by atoms with Gasteiger partial charge in [0.2, 0.25) is 0 Å². The summed E-state index contributed by atoms with van der Waals surface area (Å²) in [5.74, 6) is 0.828. The van der Waals surface area contributed by atoms with Crippen molar-refractivity contribution in [2.24, 2.45) is 5.92 Å². The first-order valence-corrected chi connectivity index (χ1v) is 10.1. The zero-order valence-corrected chi connectivity index (χ0v) is 17.2. The van der Waals surface area contributed by atoms with Gasteiger partial charge < -0.3 is 10.2 Å². The van der Waals surface area contributed by atoms with Crippen LogP contribution in [0.5, 0.6) is 0 Å². The Kier molecular flexibility index (Phi) is 6.55. The molecule has 2 aromatic rings. The number of piperidine rings is 1. The van der Waals surface area contributed by atoms with Crippen LogP contribution in [0.4, 0.5) is 0 Å². The minimum absolute atomic E-state index is 0.113. The zero-order valence-electron chi connectivity index (χ0n) is 16.5. The second kappa shape index (κ2) is 8.89. The molecule has 1 amide bonds. The molecule has 1 aliphatic heterocycles. The van der Waals surface area contributed by atoms with Crippen LogP contribution < -0.4 is 5.32 Å². The molecular weight excluding hydrogens is 360 g/mol. The quantitative estimate of drug-likeness (QED) is 0.821. The summed E-state index contributed by atoms with van der Waals surface area (Å²) in [4.78, 5) is 15.1. The van der Waals surface area contributed by atoms with Gasteiger partial charge in [-0.05, 0) is 64.3 Å². The minimum Gasteiger partial charge on any atom is -0.339 e. The summed E-state index contributed by atoms with van der Waals surface area (Å²) < 4.78 is 1.89. The first-order valence-electron chi connectivity index (χ1n) is 9.72. The highest BCUT2D eigenvalue weighted by Crippen LogP contribution is 2.24. The number of hydrogen-bond acceptors (Lipinski definition) is 3. The number of hydrogen-bond donors (Lipinski definition) is 1. The van der Waals surface area contributed by atoms with Crippen LogP contribution in [-0.4, -0.2) is 47.3 Å². The van der Waals surface area contributed by atoms with Crippen molar-refractivity contribution in [3.8, 4) is 0 Å². The predicted octanol–water partition coefficient (Wildman–Crippen LogP) is 3.66. The summed E-state index contributed by atoms with van der Waals surface area (Å²) >= 11 is 6.29. The maximum absolute atomic E-state index is 13.1. The van der Waals surface area contributed by atoms with E-state index in [1.807, 2.05) is 54.7 Å². The van der Waals surface area contributed by atoms with Gasteiger partial charge >= 0.3 is 0 Å². The van der Waals surface area contributed by atoms with Crippen LogP contribution in [0.2, 0.25) is 5.02 Å². The lowest BCUT2D eigenvalue weighted by atomic mass is 9.93. The molecule has 0 radical (unpaired) electrons. The molecular formula is C21H29ClN4O. The van der Waals surface area contributed by atoms with Crippen LogP contribution in [0.15, 0.2) is 24.3 Å². The van der Waals surface area contributed by atoms with Gasteiger partial charge in [0.15, 0.2) is 0 Å². The first kappa shape index (κ1) is 19.9.